The van der Waals surface area contributed by atoms with E-state index in [2.05, 4.69) is 25.6 Å². The maximum atomic E-state index is 9.22. The average Bonchev–Trinajstić information content (AvgIpc) is 3.06. The van der Waals surface area contributed by atoms with Crippen LogP contribution in [0.5, 0.6) is 11.5 Å². The minimum absolute atomic E-state index is 0.0215. The number of nitrogens with one attached hydrogen (secondary N) is 2. The highest BCUT2D eigenvalue weighted by molar-refractivity contribution is 5.93. The Balaban J connectivity index is 1.81. The van der Waals surface area contributed by atoms with Crippen molar-refractivity contribution in [3.8, 4) is 11.5 Å². The molecule has 2 aromatic heterocycles. The fourth-order valence-electron chi connectivity index (χ4n) is 3.18. The zero-order valence-electron chi connectivity index (χ0n) is 16.4. The lowest BCUT2D eigenvalue weighted by atomic mass is 10.2. The predicted molar refractivity (Wildman–Crippen MR) is 112 cm³/mol. The Labute approximate surface area is 167 Å². The Morgan fingerprint density at radius 3 is 2.48 bits per heavy atom. The molecule has 4 aromatic rings. The highest BCUT2D eigenvalue weighted by atomic mass is 16.5. The molecule has 0 radical (unpaired) electrons. The molecule has 0 aliphatic heterocycles. The fraction of sp³-hybridized carbons (Fsp3) is 0.250. The minimum atomic E-state index is -0.0215. The first kappa shape index (κ1) is 18.8. The number of aryl methyl sites for hydroxylation is 1. The normalized spacial score (nSPS) is 11.0. The maximum Gasteiger partial charge on any atom is 0.232 e. The summed E-state index contributed by atoms with van der Waals surface area (Å²) in [5.41, 5.74) is 2.54. The first-order valence-electron chi connectivity index (χ1n) is 9.11. The van der Waals surface area contributed by atoms with Crippen molar-refractivity contribution < 1.29 is 14.6 Å². The van der Waals surface area contributed by atoms with Gasteiger partial charge in [0.15, 0.2) is 11.5 Å². The van der Waals surface area contributed by atoms with E-state index in [0.29, 0.717) is 41.3 Å². The van der Waals surface area contributed by atoms with Gasteiger partial charge in [-0.2, -0.15) is 4.98 Å². The van der Waals surface area contributed by atoms with E-state index >= 15 is 0 Å². The number of imidazole rings is 1. The number of ether oxygens (including phenoxy) is 2. The number of aliphatic hydroxyl groups is 1. The van der Waals surface area contributed by atoms with Gasteiger partial charge in [0.1, 0.15) is 5.82 Å². The van der Waals surface area contributed by atoms with Crippen molar-refractivity contribution in [3.05, 3.63) is 36.4 Å². The maximum absolute atomic E-state index is 9.22. The second-order valence-corrected chi connectivity index (χ2v) is 6.38. The molecule has 3 N–H and O–H groups in total. The summed E-state index contributed by atoms with van der Waals surface area (Å²) in [5.74, 6) is 2.72. The molecule has 0 fully saturated rings. The predicted octanol–water partition coefficient (Wildman–Crippen LogP) is 2.68. The molecule has 0 unspecified atom stereocenters. The summed E-state index contributed by atoms with van der Waals surface area (Å²) in [6.45, 7) is 0.332. The van der Waals surface area contributed by atoms with E-state index in [1.165, 1.54) is 0 Å². The Morgan fingerprint density at radius 1 is 1.00 bits per heavy atom. The molecule has 0 aliphatic carbocycles. The van der Waals surface area contributed by atoms with Crippen LogP contribution in [0, 0.1) is 0 Å². The second kappa shape index (κ2) is 7.80. The first-order valence-corrected chi connectivity index (χ1v) is 9.11. The van der Waals surface area contributed by atoms with E-state index in [1.54, 1.807) is 20.3 Å². The van der Waals surface area contributed by atoms with Crippen LogP contribution in [0.4, 0.5) is 17.7 Å². The molecule has 2 heterocycles. The SMILES string of the molecule is COc1cc2nc(Nc3nc4ccccc4n3C)nc(NCCO)c2cc1OC. The number of aromatic nitrogens is 4. The van der Waals surface area contributed by atoms with E-state index in [-0.39, 0.29) is 6.61 Å². The molecule has 9 heteroatoms. The molecule has 0 spiro atoms. The Bertz CT molecular complexity index is 1170. The van der Waals surface area contributed by atoms with Gasteiger partial charge in [0.05, 0.1) is 37.4 Å². The Kier molecular flexibility index (Phi) is 5.05. The van der Waals surface area contributed by atoms with E-state index < -0.39 is 0 Å². The van der Waals surface area contributed by atoms with Crippen LogP contribution in [0.2, 0.25) is 0 Å². The minimum Gasteiger partial charge on any atom is -0.493 e. The lowest BCUT2D eigenvalue weighted by Crippen LogP contribution is -2.10. The van der Waals surface area contributed by atoms with Crippen molar-refractivity contribution in [1.29, 1.82) is 0 Å². The molecular formula is C20H22N6O3. The van der Waals surface area contributed by atoms with Crippen LogP contribution in [0.3, 0.4) is 0 Å². The molecule has 150 valence electrons. The lowest BCUT2D eigenvalue weighted by molar-refractivity contribution is 0.311. The van der Waals surface area contributed by atoms with Crippen molar-refractivity contribution in [2.75, 3.05) is 38.0 Å². The van der Waals surface area contributed by atoms with E-state index in [0.717, 1.165) is 16.4 Å². The van der Waals surface area contributed by atoms with Crippen LogP contribution in [-0.4, -0.2) is 52.0 Å². The monoisotopic (exact) mass is 394 g/mol. The van der Waals surface area contributed by atoms with Crippen LogP contribution in [0.25, 0.3) is 21.9 Å². The van der Waals surface area contributed by atoms with Gasteiger partial charge in [-0.05, 0) is 18.2 Å². The molecular weight excluding hydrogens is 372 g/mol. The molecule has 4 rings (SSSR count). The van der Waals surface area contributed by atoms with Crippen molar-refractivity contribution in [2.24, 2.45) is 7.05 Å². The third-order valence-electron chi connectivity index (χ3n) is 4.62. The van der Waals surface area contributed by atoms with Gasteiger partial charge in [0.2, 0.25) is 11.9 Å². The van der Waals surface area contributed by atoms with E-state index in [4.69, 9.17) is 9.47 Å². The number of aliphatic hydroxyl groups excluding tert-OH is 1. The third kappa shape index (κ3) is 3.47. The van der Waals surface area contributed by atoms with Crippen LogP contribution >= 0.6 is 0 Å². The van der Waals surface area contributed by atoms with Gasteiger partial charge in [-0.15, -0.1) is 0 Å². The molecule has 0 aliphatic rings. The second-order valence-electron chi connectivity index (χ2n) is 6.38. The summed E-state index contributed by atoms with van der Waals surface area (Å²) >= 11 is 0. The molecule has 0 atom stereocenters. The summed E-state index contributed by atoms with van der Waals surface area (Å²) in [6, 6.07) is 11.5. The van der Waals surface area contributed by atoms with Gasteiger partial charge in [0, 0.05) is 25.0 Å². The molecule has 9 nitrogen and oxygen atoms in total. The Morgan fingerprint density at radius 2 is 1.76 bits per heavy atom. The Hall–Kier alpha value is -3.59. The number of nitrogens with zero attached hydrogens (tertiary/aromatic N) is 4. The number of rotatable bonds is 7. The zero-order chi connectivity index (χ0) is 20.4. The third-order valence-corrected chi connectivity index (χ3v) is 4.62. The number of anilines is 3. The summed E-state index contributed by atoms with van der Waals surface area (Å²) in [5, 5.41) is 16.3. The van der Waals surface area contributed by atoms with Crippen LogP contribution < -0.4 is 20.1 Å². The number of para-hydroxylation sites is 2. The van der Waals surface area contributed by atoms with Gasteiger partial charge in [0.25, 0.3) is 0 Å². The molecule has 0 amide bonds. The summed E-state index contributed by atoms with van der Waals surface area (Å²) in [7, 11) is 5.08. The van der Waals surface area contributed by atoms with Gasteiger partial charge < -0.3 is 24.5 Å². The van der Waals surface area contributed by atoms with Gasteiger partial charge in [-0.25, -0.2) is 9.97 Å². The smallest absolute Gasteiger partial charge is 0.232 e. The van der Waals surface area contributed by atoms with Crippen molar-refractivity contribution in [2.45, 2.75) is 0 Å². The van der Waals surface area contributed by atoms with Crippen LogP contribution in [0.1, 0.15) is 0 Å². The topological polar surface area (TPSA) is 106 Å². The molecule has 2 aromatic carbocycles. The van der Waals surface area contributed by atoms with E-state index in [9.17, 15) is 5.11 Å². The van der Waals surface area contributed by atoms with Crippen molar-refractivity contribution in [1.82, 2.24) is 19.5 Å². The summed E-state index contributed by atoms with van der Waals surface area (Å²) in [6.07, 6.45) is 0. The average molecular weight is 394 g/mol. The van der Waals surface area contributed by atoms with Crippen LogP contribution in [-0.2, 0) is 7.05 Å². The number of methoxy groups -OCH3 is 2. The fourth-order valence-corrected chi connectivity index (χ4v) is 3.18. The molecule has 0 saturated heterocycles. The quantitative estimate of drug-likeness (QED) is 0.439. The number of benzene rings is 2. The zero-order valence-corrected chi connectivity index (χ0v) is 16.4. The number of hydrogen-bond donors (Lipinski definition) is 3. The van der Waals surface area contributed by atoms with Gasteiger partial charge >= 0.3 is 0 Å². The first-order chi connectivity index (χ1) is 14.1. The molecule has 0 saturated carbocycles. The van der Waals surface area contributed by atoms with Crippen molar-refractivity contribution >= 4 is 39.7 Å². The highest BCUT2D eigenvalue weighted by Gasteiger charge is 2.15. The molecule has 29 heavy (non-hydrogen) atoms. The summed E-state index contributed by atoms with van der Waals surface area (Å²) < 4.78 is 12.7. The van der Waals surface area contributed by atoms with E-state index in [1.807, 2.05) is 41.9 Å². The molecule has 0 bridgehead atoms. The lowest BCUT2D eigenvalue weighted by Gasteiger charge is -2.14. The summed E-state index contributed by atoms with van der Waals surface area (Å²) in [4.78, 5) is 13.8. The van der Waals surface area contributed by atoms with Crippen molar-refractivity contribution in [3.63, 3.8) is 0 Å². The standard InChI is InChI=1S/C20H22N6O3/c1-26-15-7-5-4-6-13(15)23-20(26)25-19-22-14-11-17(29-3)16(28-2)10-12(14)18(24-19)21-8-9-27/h4-7,10-11,27H,8-9H2,1-3H3,(H2,21,22,23,24,25). The number of fused-ring (bicyclic) bond motifs is 2. The van der Waals surface area contributed by atoms with Gasteiger partial charge in [-0.3, -0.25) is 5.32 Å². The van der Waals surface area contributed by atoms with Crippen LogP contribution in [0.15, 0.2) is 36.4 Å². The van der Waals surface area contributed by atoms with Gasteiger partial charge in [-0.1, -0.05) is 12.1 Å². The highest BCUT2D eigenvalue weighted by Crippen LogP contribution is 2.35. The largest absolute Gasteiger partial charge is 0.493 e. The number of hydrogen-bond acceptors (Lipinski definition) is 8.